The largest absolute Gasteiger partial charge is 0.377 e. The quantitative estimate of drug-likeness (QED) is 0.763. The van der Waals surface area contributed by atoms with Crippen molar-refractivity contribution in [2.45, 2.75) is 13.0 Å². The molecular weight excluding hydrogens is 292 g/mol. The molecule has 0 unspecified atom stereocenters. The van der Waals surface area contributed by atoms with E-state index in [2.05, 4.69) is 15.2 Å². The van der Waals surface area contributed by atoms with E-state index < -0.39 is 0 Å². The first kappa shape index (κ1) is 14.0. The molecule has 1 aromatic carbocycles. The van der Waals surface area contributed by atoms with Crippen molar-refractivity contribution in [2.75, 3.05) is 19.8 Å². The summed E-state index contributed by atoms with van der Waals surface area (Å²) in [5.41, 5.74) is 3.55. The van der Waals surface area contributed by atoms with Gasteiger partial charge in [0, 0.05) is 17.4 Å². The molecule has 118 valence electrons. The third-order valence-electron chi connectivity index (χ3n) is 4.35. The molecule has 4 rings (SSSR count). The summed E-state index contributed by atoms with van der Waals surface area (Å²) in [5, 5.41) is 8.12. The number of nitrogens with zero attached hydrogens (tertiary/aromatic N) is 2. The standard InChI is InChI=1S/C17H18N4O2/c1-11-9-18-20-16(11)15-10-23-7-6-21(15)17(22)14-8-12-4-2-3-5-13(12)19-14/h2-5,8-9,15,19H,6-7,10H2,1H3,(H,18,20)/t15-/m0/s1. The van der Waals surface area contributed by atoms with Crippen molar-refractivity contribution in [3.8, 4) is 0 Å². The molecule has 0 spiro atoms. The topological polar surface area (TPSA) is 74.0 Å². The Bertz CT molecular complexity index is 818. The van der Waals surface area contributed by atoms with Crippen molar-refractivity contribution in [3.05, 3.63) is 53.5 Å². The summed E-state index contributed by atoms with van der Waals surface area (Å²) >= 11 is 0. The molecule has 1 aliphatic rings. The van der Waals surface area contributed by atoms with Gasteiger partial charge in [-0.3, -0.25) is 9.89 Å². The minimum Gasteiger partial charge on any atom is -0.377 e. The van der Waals surface area contributed by atoms with Crippen LogP contribution in [0, 0.1) is 6.92 Å². The highest BCUT2D eigenvalue weighted by Crippen LogP contribution is 2.27. The summed E-state index contributed by atoms with van der Waals surface area (Å²) in [6.45, 7) is 3.58. The van der Waals surface area contributed by atoms with E-state index in [1.54, 1.807) is 6.20 Å². The van der Waals surface area contributed by atoms with Gasteiger partial charge in [-0.15, -0.1) is 0 Å². The van der Waals surface area contributed by atoms with Gasteiger partial charge in [-0.2, -0.15) is 5.10 Å². The van der Waals surface area contributed by atoms with Gasteiger partial charge in [-0.1, -0.05) is 18.2 Å². The van der Waals surface area contributed by atoms with Gasteiger partial charge >= 0.3 is 0 Å². The van der Waals surface area contributed by atoms with E-state index in [1.165, 1.54) is 0 Å². The Hall–Kier alpha value is -2.60. The highest BCUT2D eigenvalue weighted by atomic mass is 16.5. The maximum absolute atomic E-state index is 13.0. The van der Waals surface area contributed by atoms with Crippen molar-refractivity contribution in [3.63, 3.8) is 0 Å². The van der Waals surface area contributed by atoms with Crippen LogP contribution >= 0.6 is 0 Å². The fraction of sp³-hybridized carbons (Fsp3) is 0.294. The molecule has 23 heavy (non-hydrogen) atoms. The van der Waals surface area contributed by atoms with E-state index >= 15 is 0 Å². The van der Waals surface area contributed by atoms with E-state index in [0.29, 0.717) is 25.5 Å². The Morgan fingerprint density at radius 2 is 2.26 bits per heavy atom. The average Bonchev–Trinajstić information content (AvgIpc) is 3.20. The molecule has 2 aromatic heterocycles. The minimum absolute atomic E-state index is 0.0106. The number of carbonyl (C=O) groups is 1. The summed E-state index contributed by atoms with van der Waals surface area (Å²) in [4.78, 5) is 18.1. The molecule has 6 heteroatoms. The second-order valence-corrected chi connectivity index (χ2v) is 5.83. The number of hydrogen-bond donors (Lipinski definition) is 2. The number of rotatable bonds is 2. The molecule has 1 amide bonds. The summed E-state index contributed by atoms with van der Waals surface area (Å²) in [5.74, 6) is -0.0106. The van der Waals surface area contributed by atoms with Gasteiger partial charge in [0.2, 0.25) is 0 Å². The fourth-order valence-corrected chi connectivity index (χ4v) is 3.12. The van der Waals surface area contributed by atoms with Crippen LogP contribution in [0.1, 0.15) is 27.8 Å². The molecule has 0 radical (unpaired) electrons. The highest BCUT2D eigenvalue weighted by Gasteiger charge is 2.32. The molecule has 0 saturated carbocycles. The van der Waals surface area contributed by atoms with Crippen molar-refractivity contribution in [1.29, 1.82) is 0 Å². The number of aromatic amines is 2. The van der Waals surface area contributed by atoms with Crippen molar-refractivity contribution in [1.82, 2.24) is 20.1 Å². The highest BCUT2D eigenvalue weighted by molar-refractivity contribution is 5.98. The number of carbonyl (C=O) groups excluding carboxylic acids is 1. The smallest absolute Gasteiger partial charge is 0.271 e. The van der Waals surface area contributed by atoms with Gasteiger partial charge in [0.15, 0.2) is 0 Å². The van der Waals surface area contributed by atoms with Crippen molar-refractivity contribution in [2.24, 2.45) is 0 Å². The zero-order valence-corrected chi connectivity index (χ0v) is 12.9. The van der Waals surface area contributed by atoms with Gasteiger partial charge in [-0.05, 0) is 24.6 Å². The third kappa shape index (κ3) is 2.41. The Labute approximate surface area is 133 Å². The number of amides is 1. The van der Waals surface area contributed by atoms with Crippen LogP contribution in [0.5, 0.6) is 0 Å². The van der Waals surface area contributed by atoms with Crippen molar-refractivity contribution >= 4 is 16.8 Å². The van der Waals surface area contributed by atoms with E-state index in [0.717, 1.165) is 22.2 Å². The zero-order chi connectivity index (χ0) is 15.8. The number of ether oxygens (including phenoxy) is 1. The van der Waals surface area contributed by atoms with Crippen LogP contribution in [-0.4, -0.2) is 45.7 Å². The van der Waals surface area contributed by atoms with Crippen molar-refractivity contribution < 1.29 is 9.53 Å². The molecule has 3 heterocycles. The van der Waals surface area contributed by atoms with Crippen LogP contribution in [0.15, 0.2) is 36.5 Å². The molecule has 1 fully saturated rings. The van der Waals surface area contributed by atoms with Crippen LogP contribution in [-0.2, 0) is 4.74 Å². The van der Waals surface area contributed by atoms with Crippen LogP contribution in [0.2, 0.25) is 0 Å². The number of fused-ring (bicyclic) bond motifs is 1. The number of aryl methyl sites for hydroxylation is 1. The first-order valence-corrected chi connectivity index (χ1v) is 7.70. The molecule has 1 aliphatic heterocycles. The van der Waals surface area contributed by atoms with E-state index in [1.807, 2.05) is 42.2 Å². The Morgan fingerprint density at radius 3 is 3.04 bits per heavy atom. The van der Waals surface area contributed by atoms with Gasteiger partial charge in [0.25, 0.3) is 5.91 Å². The Balaban J connectivity index is 1.68. The summed E-state index contributed by atoms with van der Waals surface area (Å²) in [6.07, 6.45) is 1.77. The number of benzene rings is 1. The predicted molar refractivity (Wildman–Crippen MR) is 86.2 cm³/mol. The Morgan fingerprint density at radius 1 is 1.39 bits per heavy atom. The maximum atomic E-state index is 13.0. The van der Waals surface area contributed by atoms with Crippen LogP contribution in [0.4, 0.5) is 0 Å². The zero-order valence-electron chi connectivity index (χ0n) is 12.9. The number of H-pyrrole nitrogens is 2. The fourth-order valence-electron chi connectivity index (χ4n) is 3.12. The third-order valence-corrected chi connectivity index (χ3v) is 4.35. The maximum Gasteiger partial charge on any atom is 0.271 e. The monoisotopic (exact) mass is 310 g/mol. The SMILES string of the molecule is Cc1cn[nH]c1[C@@H]1COCCN1C(=O)c1cc2ccccc2[nH]1. The molecule has 0 bridgehead atoms. The molecule has 1 atom stereocenters. The lowest BCUT2D eigenvalue weighted by molar-refractivity contribution is -0.00433. The van der Waals surface area contributed by atoms with E-state index in [9.17, 15) is 4.79 Å². The molecule has 2 N–H and O–H groups in total. The first-order valence-electron chi connectivity index (χ1n) is 7.70. The lowest BCUT2D eigenvalue weighted by Crippen LogP contribution is -2.44. The predicted octanol–water partition coefficient (Wildman–Crippen LogP) is 2.41. The van der Waals surface area contributed by atoms with Gasteiger partial charge in [-0.25, -0.2) is 0 Å². The normalized spacial score (nSPS) is 18.5. The molecular formula is C17H18N4O2. The Kier molecular flexibility index (Phi) is 3.38. The van der Waals surface area contributed by atoms with E-state index in [-0.39, 0.29) is 11.9 Å². The summed E-state index contributed by atoms with van der Waals surface area (Å²) in [6, 6.07) is 9.67. The summed E-state index contributed by atoms with van der Waals surface area (Å²) in [7, 11) is 0. The average molecular weight is 310 g/mol. The van der Waals surface area contributed by atoms with Crippen LogP contribution in [0.25, 0.3) is 10.9 Å². The van der Waals surface area contributed by atoms with Crippen LogP contribution < -0.4 is 0 Å². The molecule has 1 saturated heterocycles. The molecule has 6 nitrogen and oxygen atoms in total. The number of para-hydroxylation sites is 1. The number of morpholine rings is 1. The number of hydrogen-bond acceptors (Lipinski definition) is 3. The minimum atomic E-state index is -0.134. The number of aromatic nitrogens is 3. The molecule has 0 aliphatic carbocycles. The van der Waals surface area contributed by atoms with Gasteiger partial charge in [0.05, 0.1) is 31.1 Å². The second-order valence-electron chi connectivity index (χ2n) is 5.83. The lowest BCUT2D eigenvalue weighted by atomic mass is 10.1. The van der Waals surface area contributed by atoms with Gasteiger partial charge in [0.1, 0.15) is 5.69 Å². The lowest BCUT2D eigenvalue weighted by Gasteiger charge is -2.35. The van der Waals surface area contributed by atoms with Gasteiger partial charge < -0.3 is 14.6 Å². The van der Waals surface area contributed by atoms with Crippen LogP contribution in [0.3, 0.4) is 0 Å². The molecule has 3 aromatic rings. The summed E-state index contributed by atoms with van der Waals surface area (Å²) < 4.78 is 5.58. The van der Waals surface area contributed by atoms with E-state index in [4.69, 9.17) is 4.74 Å². The first-order chi connectivity index (χ1) is 11.2. The second kappa shape index (κ2) is 5.55. The number of nitrogens with one attached hydrogen (secondary N) is 2.